The number of hydrogen-bond donors (Lipinski definition) is 1. The topological polar surface area (TPSA) is 43.1 Å². The standard InChI is InChI=1S/C7H8NOP/c1-5-6(8)3-2-4-7(5)10-9/h2-4H,8H2,1H3. The molecule has 52 valence electrons. The summed E-state index contributed by atoms with van der Waals surface area (Å²) in [7, 11) is 0.0374. The van der Waals surface area contributed by atoms with Crippen molar-refractivity contribution in [1.29, 1.82) is 0 Å². The maximum atomic E-state index is 10.4. The highest BCUT2D eigenvalue weighted by molar-refractivity contribution is 7.34. The molecule has 0 fully saturated rings. The van der Waals surface area contributed by atoms with E-state index in [1.54, 1.807) is 18.2 Å². The van der Waals surface area contributed by atoms with Crippen LogP contribution in [0, 0.1) is 6.92 Å². The molecular weight excluding hydrogens is 145 g/mol. The maximum Gasteiger partial charge on any atom is 0.192 e. The molecule has 0 aliphatic rings. The zero-order chi connectivity index (χ0) is 7.56. The molecule has 1 aromatic carbocycles. The Bertz CT molecular complexity index is 260. The fourth-order valence-corrected chi connectivity index (χ4v) is 1.15. The summed E-state index contributed by atoms with van der Waals surface area (Å²) in [5.74, 6) is 0. The van der Waals surface area contributed by atoms with Crippen LogP contribution in [0.4, 0.5) is 5.69 Å². The Morgan fingerprint density at radius 3 is 2.70 bits per heavy atom. The lowest BCUT2D eigenvalue weighted by Crippen LogP contribution is -2.01. The first-order valence-electron chi connectivity index (χ1n) is 2.94. The van der Waals surface area contributed by atoms with E-state index in [2.05, 4.69) is 0 Å². The summed E-state index contributed by atoms with van der Waals surface area (Å²) in [5.41, 5.74) is 7.15. The molecule has 0 radical (unpaired) electrons. The molecule has 0 saturated heterocycles. The monoisotopic (exact) mass is 153 g/mol. The van der Waals surface area contributed by atoms with Crippen LogP contribution in [0.2, 0.25) is 0 Å². The molecule has 0 bridgehead atoms. The Morgan fingerprint density at radius 1 is 1.50 bits per heavy atom. The van der Waals surface area contributed by atoms with Gasteiger partial charge in [-0.2, -0.15) is 0 Å². The van der Waals surface area contributed by atoms with Gasteiger partial charge in [-0.15, -0.1) is 0 Å². The van der Waals surface area contributed by atoms with E-state index in [0.717, 1.165) is 10.9 Å². The van der Waals surface area contributed by atoms with Crippen LogP contribution in [-0.2, 0) is 4.57 Å². The van der Waals surface area contributed by atoms with Crippen molar-refractivity contribution in [2.45, 2.75) is 6.92 Å². The van der Waals surface area contributed by atoms with Gasteiger partial charge in [0.1, 0.15) is 0 Å². The molecule has 0 spiro atoms. The van der Waals surface area contributed by atoms with E-state index in [4.69, 9.17) is 5.73 Å². The number of hydrogen-bond acceptors (Lipinski definition) is 2. The molecule has 0 saturated carbocycles. The van der Waals surface area contributed by atoms with Crippen molar-refractivity contribution < 1.29 is 4.57 Å². The van der Waals surface area contributed by atoms with Crippen molar-refractivity contribution in [3.63, 3.8) is 0 Å². The molecule has 2 N–H and O–H groups in total. The normalized spacial score (nSPS) is 10.1. The van der Waals surface area contributed by atoms with Crippen LogP contribution < -0.4 is 11.0 Å². The van der Waals surface area contributed by atoms with Gasteiger partial charge in [0, 0.05) is 11.0 Å². The van der Waals surface area contributed by atoms with Gasteiger partial charge < -0.3 is 5.73 Å². The fraction of sp³-hybridized carbons (Fsp3) is 0.143. The van der Waals surface area contributed by atoms with E-state index >= 15 is 0 Å². The highest BCUT2D eigenvalue weighted by Gasteiger charge is 1.98. The second-order valence-electron chi connectivity index (χ2n) is 2.08. The van der Waals surface area contributed by atoms with Crippen LogP contribution in [0.15, 0.2) is 18.2 Å². The van der Waals surface area contributed by atoms with Crippen molar-refractivity contribution in [2.75, 3.05) is 5.73 Å². The van der Waals surface area contributed by atoms with Gasteiger partial charge in [0.2, 0.25) is 0 Å². The van der Waals surface area contributed by atoms with Crippen molar-refractivity contribution in [3.8, 4) is 0 Å². The van der Waals surface area contributed by atoms with E-state index < -0.39 is 0 Å². The quantitative estimate of drug-likeness (QED) is 0.490. The molecule has 0 aliphatic carbocycles. The molecule has 10 heavy (non-hydrogen) atoms. The summed E-state index contributed by atoms with van der Waals surface area (Å²) in [6.45, 7) is 1.86. The molecular formula is C7H8NOP. The van der Waals surface area contributed by atoms with E-state index in [1.807, 2.05) is 6.92 Å². The molecule has 0 unspecified atom stereocenters. The average molecular weight is 153 g/mol. The molecule has 0 heterocycles. The predicted octanol–water partition coefficient (Wildman–Crippen LogP) is 1.49. The Kier molecular flexibility index (Phi) is 2.03. The van der Waals surface area contributed by atoms with Gasteiger partial charge in [-0.1, -0.05) is 6.07 Å². The smallest absolute Gasteiger partial charge is 0.192 e. The second kappa shape index (κ2) is 2.80. The fourth-order valence-electron chi connectivity index (χ4n) is 0.740. The molecule has 0 aromatic heterocycles. The Hall–Kier alpha value is -0.880. The minimum atomic E-state index is 0.0374. The first-order valence-corrected chi connectivity index (χ1v) is 3.75. The number of benzene rings is 1. The number of anilines is 1. The van der Waals surface area contributed by atoms with Gasteiger partial charge >= 0.3 is 0 Å². The van der Waals surface area contributed by atoms with Crippen molar-refractivity contribution >= 4 is 19.5 Å². The SMILES string of the molecule is Cc1c(N)cccc1P=O. The summed E-state index contributed by atoms with van der Waals surface area (Å²) in [5, 5.41) is 0.764. The minimum Gasteiger partial charge on any atom is -0.398 e. The van der Waals surface area contributed by atoms with E-state index in [9.17, 15) is 4.57 Å². The first kappa shape index (κ1) is 7.23. The number of nitrogens with two attached hydrogens (primary N) is 1. The molecule has 2 nitrogen and oxygen atoms in total. The Morgan fingerprint density at radius 2 is 2.20 bits per heavy atom. The van der Waals surface area contributed by atoms with E-state index in [-0.39, 0.29) is 8.46 Å². The van der Waals surface area contributed by atoms with Crippen molar-refractivity contribution in [2.24, 2.45) is 0 Å². The summed E-state index contributed by atoms with van der Waals surface area (Å²) in [6.07, 6.45) is 0. The molecule has 0 amide bonds. The number of rotatable bonds is 1. The lowest BCUT2D eigenvalue weighted by atomic mass is 10.2. The van der Waals surface area contributed by atoms with Crippen LogP contribution in [0.1, 0.15) is 5.56 Å². The van der Waals surface area contributed by atoms with E-state index in [0.29, 0.717) is 5.69 Å². The minimum absolute atomic E-state index is 0.0374. The average Bonchev–Trinajstić information content (AvgIpc) is 1.95. The van der Waals surface area contributed by atoms with E-state index in [1.165, 1.54) is 0 Å². The summed E-state index contributed by atoms with van der Waals surface area (Å²) < 4.78 is 10.4. The van der Waals surface area contributed by atoms with Crippen LogP contribution in [0.5, 0.6) is 0 Å². The first-order chi connectivity index (χ1) is 4.75. The lowest BCUT2D eigenvalue weighted by molar-refractivity contribution is 0.603. The van der Waals surface area contributed by atoms with Gasteiger partial charge in [-0.05, 0) is 24.6 Å². The second-order valence-corrected chi connectivity index (χ2v) is 2.75. The number of nitrogen functional groups attached to an aromatic ring is 1. The molecule has 1 rings (SSSR count). The summed E-state index contributed by atoms with van der Waals surface area (Å²) in [6, 6.07) is 5.38. The molecule has 0 aliphatic heterocycles. The third-order valence-corrected chi connectivity index (χ3v) is 2.13. The van der Waals surface area contributed by atoms with Crippen LogP contribution >= 0.6 is 8.46 Å². The highest BCUT2D eigenvalue weighted by atomic mass is 31.1. The Labute approximate surface area is 61.3 Å². The molecule has 0 atom stereocenters. The zero-order valence-electron chi connectivity index (χ0n) is 5.66. The summed E-state index contributed by atoms with van der Waals surface area (Å²) in [4.78, 5) is 0. The molecule has 1 aromatic rings. The largest absolute Gasteiger partial charge is 0.398 e. The summed E-state index contributed by atoms with van der Waals surface area (Å²) >= 11 is 0. The highest BCUT2D eigenvalue weighted by Crippen LogP contribution is 2.10. The van der Waals surface area contributed by atoms with Gasteiger partial charge in [-0.25, -0.2) is 0 Å². The van der Waals surface area contributed by atoms with Crippen LogP contribution in [-0.4, -0.2) is 0 Å². The van der Waals surface area contributed by atoms with Crippen molar-refractivity contribution in [3.05, 3.63) is 23.8 Å². The predicted molar refractivity (Wildman–Crippen MR) is 42.8 cm³/mol. The molecule has 3 heteroatoms. The lowest BCUT2D eigenvalue weighted by Gasteiger charge is -1.99. The van der Waals surface area contributed by atoms with Gasteiger partial charge in [0.15, 0.2) is 8.46 Å². The maximum absolute atomic E-state index is 10.4. The zero-order valence-corrected chi connectivity index (χ0v) is 6.56. The third-order valence-electron chi connectivity index (χ3n) is 1.45. The third kappa shape index (κ3) is 1.17. The Balaban J connectivity index is 3.27. The van der Waals surface area contributed by atoms with Crippen molar-refractivity contribution in [1.82, 2.24) is 0 Å². The van der Waals surface area contributed by atoms with Gasteiger partial charge in [-0.3, -0.25) is 4.57 Å². The van der Waals surface area contributed by atoms with Crippen LogP contribution in [0.3, 0.4) is 0 Å². The van der Waals surface area contributed by atoms with Gasteiger partial charge in [0.05, 0.1) is 0 Å². The van der Waals surface area contributed by atoms with Crippen LogP contribution in [0.25, 0.3) is 0 Å². The van der Waals surface area contributed by atoms with Gasteiger partial charge in [0.25, 0.3) is 0 Å².